The number of aliphatic hydroxyl groups is 1. The molecule has 0 atom stereocenters. The van der Waals surface area contributed by atoms with E-state index in [9.17, 15) is 8.78 Å². The topological polar surface area (TPSA) is 60.7 Å². The van der Waals surface area contributed by atoms with E-state index in [0.717, 1.165) is 12.1 Å². The Morgan fingerprint density at radius 1 is 1.15 bits per heavy atom. The van der Waals surface area contributed by atoms with Gasteiger partial charge in [0.2, 0.25) is 0 Å². The molecule has 1 rings (SSSR count). The summed E-state index contributed by atoms with van der Waals surface area (Å²) in [5.74, 6) is -2.17. The van der Waals surface area contributed by atoms with Gasteiger partial charge in [0.25, 0.3) is 0 Å². The summed E-state index contributed by atoms with van der Waals surface area (Å²) in [5.41, 5.74) is -0.767. The van der Waals surface area contributed by atoms with Gasteiger partial charge in [-0.25, -0.2) is 8.78 Å². The molecule has 0 saturated carbocycles. The quantitative estimate of drug-likeness (QED) is 0.529. The van der Waals surface area contributed by atoms with E-state index in [2.05, 4.69) is 0 Å². The minimum absolute atomic E-state index is 0.0411. The van der Waals surface area contributed by atoms with Gasteiger partial charge in [-0.05, 0) is 17.7 Å². The minimum Gasteiger partial charge on any atom is -0.423 e. The fraction of sp³-hybridized carbons (Fsp3) is 0.143. The van der Waals surface area contributed by atoms with Crippen LogP contribution in [0.2, 0.25) is 0 Å². The second-order valence-electron chi connectivity index (χ2n) is 2.50. The van der Waals surface area contributed by atoms with E-state index in [4.69, 9.17) is 15.2 Å². The molecule has 0 heterocycles. The van der Waals surface area contributed by atoms with Crippen molar-refractivity contribution in [2.75, 3.05) is 0 Å². The zero-order valence-electron chi connectivity index (χ0n) is 6.54. The van der Waals surface area contributed by atoms with E-state index < -0.39 is 30.8 Å². The van der Waals surface area contributed by atoms with Crippen LogP contribution < -0.4 is 5.46 Å². The number of rotatable bonds is 2. The molecular weight excluding hydrogens is 181 g/mol. The zero-order chi connectivity index (χ0) is 10.0. The molecule has 0 spiro atoms. The van der Waals surface area contributed by atoms with Crippen LogP contribution in [0.3, 0.4) is 0 Å². The summed E-state index contributed by atoms with van der Waals surface area (Å²) in [7, 11) is -2.19. The van der Waals surface area contributed by atoms with Gasteiger partial charge in [-0.2, -0.15) is 0 Å². The van der Waals surface area contributed by atoms with E-state index in [-0.39, 0.29) is 5.56 Å². The third-order valence-corrected chi connectivity index (χ3v) is 1.58. The number of hydrogen-bond donors (Lipinski definition) is 3. The van der Waals surface area contributed by atoms with Gasteiger partial charge in [-0.1, -0.05) is 0 Å². The van der Waals surface area contributed by atoms with Crippen molar-refractivity contribution in [1.82, 2.24) is 0 Å². The lowest BCUT2D eigenvalue weighted by Crippen LogP contribution is -2.35. The molecule has 0 radical (unpaired) electrons. The van der Waals surface area contributed by atoms with Crippen molar-refractivity contribution in [1.29, 1.82) is 0 Å². The highest BCUT2D eigenvalue weighted by molar-refractivity contribution is 6.58. The van der Waals surface area contributed by atoms with Crippen LogP contribution in [0, 0.1) is 11.6 Å². The van der Waals surface area contributed by atoms with Gasteiger partial charge in [0.05, 0.1) is 12.1 Å². The standard InChI is InChI=1S/C7H7BF2O3/c9-5-1-4(3-11)2-6(10)7(5)8(12)13/h1-2,11-13H,3H2. The first-order chi connectivity index (χ1) is 6.06. The van der Waals surface area contributed by atoms with Crippen LogP contribution in [-0.4, -0.2) is 22.3 Å². The van der Waals surface area contributed by atoms with E-state index in [1.165, 1.54) is 0 Å². The van der Waals surface area contributed by atoms with Crippen molar-refractivity contribution in [3.63, 3.8) is 0 Å². The Morgan fingerprint density at radius 3 is 1.92 bits per heavy atom. The molecule has 3 nitrogen and oxygen atoms in total. The number of halogens is 2. The first kappa shape index (κ1) is 10.1. The minimum atomic E-state index is -2.19. The average Bonchev–Trinajstić information content (AvgIpc) is 2.02. The summed E-state index contributed by atoms with van der Waals surface area (Å²) in [4.78, 5) is 0. The molecule has 1 aromatic rings. The van der Waals surface area contributed by atoms with Crippen LogP contribution in [0.15, 0.2) is 12.1 Å². The van der Waals surface area contributed by atoms with Crippen LogP contribution in [0.5, 0.6) is 0 Å². The number of benzene rings is 1. The summed E-state index contributed by atoms with van der Waals surface area (Å²) in [6.07, 6.45) is 0. The van der Waals surface area contributed by atoms with Crippen molar-refractivity contribution in [3.8, 4) is 0 Å². The fourth-order valence-electron chi connectivity index (χ4n) is 0.975. The molecule has 0 saturated heterocycles. The molecule has 0 amide bonds. The van der Waals surface area contributed by atoms with Crippen LogP contribution in [0.25, 0.3) is 0 Å². The Bertz CT molecular complexity index is 294. The molecule has 0 unspecified atom stereocenters. The SMILES string of the molecule is OCc1cc(F)c(B(O)O)c(F)c1. The van der Waals surface area contributed by atoms with E-state index in [1.807, 2.05) is 0 Å². The molecular formula is C7H7BF2O3. The maximum atomic E-state index is 12.9. The van der Waals surface area contributed by atoms with Gasteiger partial charge in [0.15, 0.2) is 0 Å². The fourth-order valence-corrected chi connectivity index (χ4v) is 0.975. The molecule has 0 aliphatic rings. The van der Waals surface area contributed by atoms with E-state index >= 15 is 0 Å². The number of aliphatic hydroxyl groups excluding tert-OH is 1. The smallest absolute Gasteiger partial charge is 0.423 e. The van der Waals surface area contributed by atoms with Gasteiger partial charge in [0.1, 0.15) is 11.6 Å². The Hall–Kier alpha value is -0.975. The van der Waals surface area contributed by atoms with E-state index in [1.54, 1.807) is 0 Å². The van der Waals surface area contributed by atoms with Crippen LogP contribution in [0.1, 0.15) is 5.56 Å². The molecule has 1 aromatic carbocycles. The third kappa shape index (κ3) is 2.03. The maximum Gasteiger partial charge on any atom is 0.494 e. The highest BCUT2D eigenvalue weighted by Gasteiger charge is 2.22. The Kier molecular flexibility index (Phi) is 2.97. The summed E-state index contributed by atoms with van der Waals surface area (Å²) in [6.45, 7) is -0.504. The molecule has 70 valence electrons. The monoisotopic (exact) mass is 188 g/mol. The van der Waals surface area contributed by atoms with Crippen molar-refractivity contribution >= 4 is 12.6 Å². The highest BCUT2D eigenvalue weighted by atomic mass is 19.1. The van der Waals surface area contributed by atoms with Gasteiger partial charge in [-0.15, -0.1) is 0 Å². The van der Waals surface area contributed by atoms with Gasteiger partial charge in [0, 0.05) is 0 Å². The predicted octanol–water partition coefficient (Wildman–Crippen LogP) is -0.863. The first-order valence-corrected chi connectivity index (χ1v) is 3.51. The van der Waals surface area contributed by atoms with Crippen molar-refractivity contribution in [2.45, 2.75) is 6.61 Å². The van der Waals surface area contributed by atoms with Gasteiger partial charge >= 0.3 is 7.12 Å². The molecule has 0 fully saturated rings. The summed E-state index contributed by atoms with van der Waals surface area (Å²) in [5, 5.41) is 25.7. The molecule has 0 bridgehead atoms. The largest absolute Gasteiger partial charge is 0.494 e. The molecule has 13 heavy (non-hydrogen) atoms. The normalized spacial score (nSPS) is 10.2. The number of hydrogen-bond acceptors (Lipinski definition) is 3. The molecule has 0 aliphatic heterocycles. The van der Waals surface area contributed by atoms with Crippen molar-refractivity contribution in [3.05, 3.63) is 29.3 Å². The molecule has 3 N–H and O–H groups in total. The Morgan fingerprint density at radius 2 is 1.62 bits per heavy atom. The first-order valence-electron chi connectivity index (χ1n) is 3.51. The van der Waals surface area contributed by atoms with Gasteiger partial charge in [-0.3, -0.25) is 0 Å². The lowest BCUT2D eigenvalue weighted by Gasteiger charge is -2.05. The van der Waals surface area contributed by atoms with Crippen LogP contribution >= 0.6 is 0 Å². The summed E-state index contributed by atoms with van der Waals surface area (Å²) < 4.78 is 25.8. The summed E-state index contributed by atoms with van der Waals surface area (Å²) in [6, 6.07) is 1.69. The van der Waals surface area contributed by atoms with Crippen LogP contribution in [0.4, 0.5) is 8.78 Å². The molecule has 0 aromatic heterocycles. The molecule has 0 aliphatic carbocycles. The van der Waals surface area contributed by atoms with Crippen molar-refractivity contribution < 1.29 is 23.9 Å². The van der Waals surface area contributed by atoms with Gasteiger partial charge < -0.3 is 15.2 Å². The predicted molar refractivity (Wildman–Crippen MR) is 42.1 cm³/mol. The summed E-state index contributed by atoms with van der Waals surface area (Å²) >= 11 is 0. The lowest BCUT2D eigenvalue weighted by molar-refractivity contribution is 0.280. The highest BCUT2D eigenvalue weighted by Crippen LogP contribution is 2.06. The van der Waals surface area contributed by atoms with Crippen molar-refractivity contribution in [2.24, 2.45) is 0 Å². The van der Waals surface area contributed by atoms with Crippen LogP contribution in [-0.2, 0) is 6.61 Å². The molecule has 6 heteroatoms. The zero-order valence-corrected chi connectivity index (χ0v) is 6.54. The second-order valence-corrected chi connectivity index (χ2v) is 2.50. The second kappa shape index (κ2) is 3.82. The third-order valence-electron chi connectivity index (χ3n) is 1.58. The Balaban J connectivity index is 3.23. The lowest BCUT2D eigenvalue weighted by atomic mass is 9.79. The Labute approximate surface area is 73.4 Å². The maximum absolute atomic E-state index is 12.9. The average molecular weight is 188 g/mol. The van der Waals surface area contributed by atoms with E-state index in [0.29, 0.717) is 0 Å².